The third kappa shape index (κ3) is 34.1. The number of carbonyl (C=O) groups is 1. The van der Waals surface area contributed by atoms with Gasteiger partial charge in [0.1, 0.15) is 0 Å². The maximum atomic E-state index is 11.6. The van der Waals surface area contributed by atoms with Gasteiger partial charge in [-0.1, -0.05) is 90.7 Å². The number of hydrogen-bond donors (Lipinski definition) is 2. The van der Waals surface area contributed by atoms with Crippen molar-refractivity contribution in [3.63, 3.8) is 0 Å². The van der Waals surface area contributed by atoms with Crippen molar-refractivity contribution in [2.45, 2.75) is 160 Å². The number of rotatable bonds is 34. The fourth-order valence-corrected chi connectivity index (χ4v) is 4.99. The number of unbranched alkanes of at least 4 members (excludes halogenated alkanes) is 12. The van der Waals surface area contributed by atoms with Gasteiger partial charge < -0.3 is 10.4 Å². The molecule has 256 valence electrons. The van der Waals surface area contributed by atoms with Gasteiger partial charge in [-0.3, -0.25) is 4.79 Å². The third-order valence-electron chi connectivity index (χ3n) is 7.79. The highest BCUT2D eigenvalue weighted by Gasteiger charge is 2.07. The number of hydrogen-bond acceptors (Lipinski definition) is 6. The number of allylic oxidation sites excluding steroid dienone is 8. The number of nitrogens with one attached hydrogen (secondary N) is 1. The van der Waals surface area contributed by atoms with Crippen LogP contribution in [0.5, 0.6) is 0 Å². The largest absolute Gasteiger partial charge is 0.393 e. The number of aliphatic hydroxyl groups is 1. The van der Waals surface area contributed by atoms with Crippen molar-refractivity contribution >= 4 is 5.91 Å². The predicted molar refractivity (Wildman–Crippen MR) is 192 cm³/mol. The van der Waals surface area contributed by atoms with Gasteiger partial charge in [-0.25, -0.2) is 0 Å². The zero-order valence-electron chi connectivity index (χ0n) is 28.3. The van der Waals surface area contributed by atoms with E-state index in [1.165, 1.54) is 57.8 Å². The van der Waals surface area contributed by atoms with Crippen molar-refractivity contribution in [3.8, 4) is 0 Å². The van der Waals surface area contributed by atoms with Crippen molar-refractivity contribution < 1.29 is 9.90 Å². The Bertz CT molecular complexity index is 822. The molecule has 0 aromatic rings. The summed E-state index contributed by atoms with van der Waals surface area (Å²) in [5.74, 6) is -0.120. The lowest BCUT2D eigenvalue weighted by Gasteiger charge is -2.09. The summed E-state index contributed by atoms with van der Waals surface area (Å²) in [6.45, 7) is 4.11. The molecule has 2 N–H and O–H groups in total. The van der Waals surface area contributed by atoms with Gasteiger partial charge in [0.2, 0.25) is 5.91 Å². The van der Waals surface area contributed by atoms with E-state index in [2.05, 4.69) is 58.7 Å². The second-order valence-corrected chi connectivity index (χ2v) is 12.0. The van der Waals surface area contributed by atoms with Crippen LogP contribution < -0.4 is 5.32 Å². The molecule has 1 amide bonds. The van der Waals surface area contributed by atoms with Gasteiger partial charge in [-0.15, -0.1) is 6.58 Å². The molecule has 7 nitrogen and oxygen atoms in total. The van der Waals surface area contributed by atoms with Crippen molar-refractivity contribution in [1.29, 1.82) is 0 Å². The summed E-state index contributed by atoms with van der Waals surface area (Å²) < 4.78 is 0. The van der Waals surface area contributed by atoms with E-state index in [-0.39, 0.29) is 25.0 Å². The molecule has 0 aliphatic carbocycles. The van der Waals surface area contributed by atoms with E-state index in [0.29, 0.717) is 32.1 Å². The zero-order valence-corrected chi connectivity index (χ0v) is 28.3. The Morgan fingerprint density at radius 3 is 1.76 bits per heavy atom. The molecular weight excluding hydrogens is 562 g/mol. The van der Waals surface area contributed by atoms with Gasteiger partial charge in [0, 0.05) is 13.0 Å². The van der Waals surface area contributed by atoms with Gasteiger partial charge in [0.15, 0.2) is 0 Å². The van der Waals surface area contributed by atoms with Crippen LogP contribution in [0.4, 0.5) is 0 Å². The summed E-state index contributed by atoms with van der Waals surface area (Å²) in [4.78, 5) is 32.8. The Morgan fingerprint density at radius 2 is 1.16 bits per heavy atom. The first-order valence-electron chi connectivity index (χ1n) is 17.9. The van der Waals surface area contributed by atoms with Crippen LogP contribution in [0.25, 0.3) is 0 Å². The highest BCUT2D eigenvalue weighted by Crippen LogP contribution is 2.13. The van der Waals surface area contributed by atoms with Crippen LogP contribution in [-0.4, -0.2) is 36.2 Å². The number of nitrogens with zero attached hydrogens (tertiary/aromatic N) is 2. The summed E-state index contributed by atoms with van der Waals surface area (Å²) in [5, 5.41) is 18.7. The van der Waals surface area contributed by atoms with Gasteiger partial charge in [0.05, 0.1) is 18.7 Å². The Morgan fingerprint density at radius 1 is 0.622 bits per heavy atom. The summed E-state index contributed by atoms with van der Waals surface area (Å²) in [7, 11) is 0. The van der Waals surface area contributed by atoms with Crippen LogP contribution in [0.1, 0.15) is 148 Å². The number of aliphatic hydroxyl groups excluding tert-OH is 1. The average Bonchev–Trinajstić information content (AvgIpc) is 3.04. The van der Waals surface area contributed by atoms with E-state index in [1.807, 2.05) is 18.2 Å². The first-order chi connectivity index (χ1) is 22.1. The molecule has 0 aromatic heterocycles. The first-order valence-corrected chi connectivity index (χ1v) is 17.9. The minimum absolute atomic E-state index is 0.0778. The monoisotopic (exact) mass is 627 g/mol. The normalized spacial score (nSPS) is 13.3. The predicted octanol–water partition coefficient (Wildman–Crippen LogP) is 10.7. The van der Waals surface area contributed by atoms with E-state index in [0.717, 1.165) is 57.8 Å². The van der Waals surface area contributed by atoms with Crippen LogP contribution >= 0.6 is 0 Å². The van der Waals surface area contributed by atoms with Crippen molar-refractivity contribution in [1.82, 2.24) is 5.32 Å². The van der Waals surface area contributed by atoms with Crippen LogP contribution in [0, 0.1) is 9.81 Å². The Labute approximate surface area is 275 Å². The Hall–Kier alpha value is -2.67. The Kier molecular flexibility index (Phi) is 33.7. The lowest BCUT2D eigenvalue weighted by atomic mass is 10.0. The van der Waals surface area contributed by atoms with Crippen LogP contribution in [-0.2, 0) is 4.79 Å². The van der Waals surface area contributed by atoms with Gasteiger partial charge >= 0.3 is 0 Å². The van der Waals surface area contributed by atoms with E-state index >= 15 is 0 Å². The molecular formula is C38H65N3O4. The van der Waals surface area contributed by atoms with Gasteiger partial charge in [0.25, 0.3) is 0 Å². The average molecular weight is 628 g/mol. The number of carbonyl (C=O) groups excluding carboxylic acids is 1. The maximum Gasteiger partial charge on any atom is 0.220 e. The summed E-state index contributed by atoms with van der Waals surface area (Å²) in [6.07, 6.45) is 43.1. The summed E-state index contributed by atoms with van der Waals surface area (Å²) in [5.41, 5.74) is 0. The highest BCUT2D eigenvalue weighted by atomic mass is 16.3. The molecule has 0 aliphatic rings. The van der Waals surface area contributed by atoms with Crippen molar-refractivity contribution in [3.05, 3.63) is 71.1 Å². The van der Waals surface area contributed by atoms with Crippen molar-refractivity contribution in [2.75, 3.05) is 13.1 Å². The topological polar surface area (TPSA) is 108 Å². The molecule has 0 saturated heterocycles. The van der Waals surface area contributed by atoms with E-state index in [4.69, 9.17) is 0 Å². The van der Waals surface area contributed by atoms with Crippen LogP contribution in [0.3, 0.4) is 0 Å². The van der Waals surface area contributed by atoms with Gasteiger partial charge in [-0.05, 0) is 116 Å². The second kappa shape index (κ2) is 35.8. The molecule has 0 aliphatic heterocycles. The zero-order chi connectivity index (χ0) is 32.9. The van der Waals surface area contributed by atoms with E-state index < -0.39 is 6.10 Å². The van der Waals surface area contributed by atoms with E-state index in [9.17, 15) is 19.7 Å². The molecule has 0 radical (unpaired) electrons. The minimum atomic E-state index is -0.450. The molecule has 0 saturated carbocycles. The summed E-state index contributed by atoms with van der Waals surface area (Å²) in [6, 6.07) is -0.181. The summed E-state index contributed by atoms with van der Waals surface area (Å²) >= 11 is 0. The molecule has 0 rings (SSSR count). The molecule has 45 heavy (non-hydrogen) atoms. The molecule has 2 unspecified atom stereocenters. The molecule has 0 fully saturated rings. The fourth-order valence-electron chi connectivity index (χ4n) is 4.99. The van der Waals surface area contributed by atoms with Gasteiger partial charge in [-0.2, -0.15) is 9.81 Å². The van der Waals surface area contributed by atoms with E-state index in [1.54, 1.807) is 0 Å². The number of amides is 1. The first kappa shape index (κ1) is 42.3. The second-order valence-electron chi connectivity index (χ2n) is 12.0. The lowest BCUT2D eigenvalue weighted by molar-refractivity contribution is -0.121. The maximum absolute atomic E-state index is 11.6. The SMILES string of the molecule is C=CCCCCCCC/C=C/CC/C=C/CCCC/C=C/CCCCC(C/C=C/CCC(O)CCCC(=O)NCCN=O)N=O. The molecule has 0 spiro atoms. The van der Waals surface area contributed by atoms with Crippen LogP contribution in [0.2, 0.25) is 0 Å². The fraction of sp³-hybridized carbons (Fsp3) is 0.711. The quantitative estimate of drug-likeness (QED) is 0.0420. The lowest BCUT2D eigenvalue weighted by Crippen LogP contribution is -2.25. The molecule has 2 atom stereocenters. The molecule has 0 heterocycles. The molecule has 0 bridgehead atoms. The highest BCUT2D eigenvalue weighted by molar-refractivity contribution is 5.75. The standard InChI is InChI=1S/C38H65N3O4/c1-2-3-4-5-6-7-8-9-10-11-12-13-14-15-16-17-18-19-20-21-22-23-25-29-36(41-45)30-26-24-27-31-37(42)32-28-33-38(43)39-34-35-40-44/h2,10-11,14-15,20-21,24,26,36-37,42H,1,3-9,12-13,16-19,22-23,25,27-35H2,(H,39,43)/b11-10+,15-14+,21-20+,26-24+. The molecule has 0 aromatic carbocycles. The number of nitroso groups, excluding NO2 is 2. The minimum Gasteiger partial charge on any atom is -0.393 e. The molecule has 7 heteroatoms. The van der Waals surface area contributed by atoms with Crippen LogP contribution in [0.15, 0.2) is 71.6 Å². The Balaban J connectivity index is 3.59. The van der Waals surface area contributed by atoms with Crippen molar-refractivity contribution in [2.24, 2.45) is 10.4 Å². The smallest absolute Gasteiger partial charge is 0.220 e. The third-order valence-corrected chi connectivity index (χ3v) is 7.79.